The van der Waals surface area contributed by atoms with Crippen LogP contribution >= 0.6 is 0 Å². The third-order valence-corrected chi connectivity index (χ3v) is 3.75. The molecule has 1 aromatic carbocycles. The lowest BCUT2D eigenvalue weighted by Gasteiger charge is -2.31. The Hall–Kier alpha value is -1.88. The highest BCUT2D eigenvalue weighted by molar-refractivity contribution is 5.81. The van der Waals surface area contributed by atoms with E-state index in [0.717, 1.165) is 11.0 Å². The van der Waals surface area contributed by atoms with Gasteiger partial charge in [-0.25, -0.2) is 4.98 Å². The molecule has 1 aromatic heterocycles. The van der Waals surface area contributed by atoms with Gasteiger partial charge < -0.3 is 14.6 Å². The van der Waals surface area contributed by atoms with E-state index in [2.05, 4.69) is 4.98 Å². The molecule has 1 unspecified atom stereocenters. The SMILES string of the molecule is CC(O)c1nc2ccccc2n1CC(=O)N(C(C)C)C(C)C. The molecule has 0 radical (unpaired) electrons. The Balaban J connectivity index is 2.42. The third-order valence-electron chi connectivity index (χ3n) is 3.75. The van der Waals surface area contributed by atoms with Crippen LogP contribution in [0.25, 0.3) is 11.0 Å². The zero-order chi connectivity index (χ0) is 16.4. The summed E-state index contributed by atoms with van der Waals surface area (Å²) in [4.78, 5) is 19.0. The van der Waals surface area contributed by atoms with Crippen LogP contribution in [0.1, 0.15) is 46.5 Å². The lowest BCUT2D eigenvalue weighted by molar-refractivity contribution is -0.135. The first kappa shape index (κ1) is 16.5. The van der Waals surface area contributed by atoms with Crippen LogP contribution in [0.15, 0.2) is 24.3 Å². The number of rotatable bonds is 5. The number of imidazole rings is 1. The standard InChI is InChI=1S/C17H25N3O2/c1-11(2)20(12(3)4)16(22)10-19-15-9-7-6-8-14(15)18-17(19)13(5)21/h6-9,11-13,21H,10H2,1-5H3. The topological polar surface area (TPSA) is 58.4 Å². The number of para-hydroxylation sites is 2. The van der Waals surface area contributed by atoms with Crippen molar-refractivity contribution >= 4 is 16.9 Å². The summed E-state index contributed by atoms with van der Waals surface area (Å²) in [7, 11) is 0. The second-order valence-electron chi connectivity index (χ2n) is 6.21. The highest BCUT2D eigenvalue weighted by atomic mass is 16.3. The Labute approximate surface area is 131 Å². The summed E-state index contributed by atoms with van der Waals surface area (Å²) in [5.74, 6) is 0.567. The maximum atomic E-state index is 12.7. The minimum absolute atomic E-state index is 0.0371. The van der Waals surface area contributed by atoms with E-state index in [1.54, 1.807) is 6.92 Å². The van der Waals surface area contributed by atoms with Crippen molar-refractivity contribution in [2.75, 3.05) is 0 Å². The molecule has 5 nitrogen and oxygen atoms in total. The summed E-state index contributed by atoms with van der Waals surface area (Å²) < 4.78 is 1.82. The van der Waals surface area contributed by atoms with Crippen LogP contribution < -0.4 is 0 Å². The molecule has 1 atom stereocenters. The number of benzene rings is 1. The van der Waals surface area contributed by atoms with Gasteiger partial charge >= 0.3 is 0 Å². The van der Waals surface area contributed by atoms with Gasteiger partial charge in [0.25, 0.3) is 0 Å². The molecule has 0 spiro atoms. The number of carbonyl (C=O) groups excluding carboxylic acids is 1. The molecule has 5 heteroatoms. The smallest absolute Gasteiger partial charge is 0.243 e. The number of hydrogen-bond donors (Lipinski definition) is 1. The molecule has 2 rings (SSSR count). The number of aliphatic hydroxyl groups is 1. The average Bonchev–Trinajstić information content (AvgIpc) is 2.77. The van der Waals surface area contributed by atoms with Gasteiger partial charge in [-0.2, -0.15) is 0 Å². The molecule has 22 heavy (non-hydrogen) atoms. The van der Waals surface area contributed by atoms with E-state index in [-0.39, 0.29) is 24.5 Å². The van der Waals surface area contributed by atoms with Crippen molar-refractivity contribution in [3.63, 3.8) is 0 Å². The van der Waals surface area contributed by atoms with E-state index < -0.39 is 6.10 Å². The third kappa shape index (κ3) is 3.14. The van der Waals surface area contributed by atoms with Crippen molar-refractivity contribution in [1.82, 2.24) is 14.5 Å². The average molecular weight is 303 g/mol. The molecule has 0 bridgehead atoms. The number of fused-ring (bicyclic) bond motifs is 1. The molecule has 0 aliphatic heterocycles. The minimum Gasteiger partial charge on any atom is -0.385 e. The Kier molecular flexibility index (Phi) is 4.86. The summed E-state index contributed by atoms with van der Waals surface area (Å²) in [6.45, 7) is 9.92. The Morgan fingerprint density at radius 3 is 2.32 bits per heavy atom. The van der Waals surface area contributed by atoms with Gasteiger partial charge in [0, 0.05) is 12.1 Å². The lowest BCUT2D eigenvalue weighted by Crippen LogP contribution is -2.43. The first-order chi connectivity index (χ1) is 10.3. The van der Waals surface area contributed by atoms with Crippen LogP contribution in [-0.4, -0.2) is 37.5 Å². The second-order valence-corrected chi connectivity index (χ2v) is 6.21. The summed E-state index contributed by atoms with van der Waals surface area (Å²) >= 11 is 0. The normalized spacial score (nSPS) is 13.1. The molecular weight excluding hydrogens is 278 g/mol. The number of amides is 1. The Morgan fingerprint density at radius 2 is 1.77 bits per heavy atom. The summed E-state index contributed by atoms with van der Waals surface area (Å²) in [5.41, 5.74) is 1.67. The number of nitrogens with zero attached hydrogens (tertiary/aromatic N) is 3. The highest BCUT2D eigenvalue weighted by Gasteiger charge is 2.23. The van der Waals surface area contributed by atoms with Gasteiger partial charge in [-0.1, -0.05) is 12.1 Å². The van der Waals surface area contributed by atoms with Crippen LogP contribution in [0.4, 0.5) is 0 Å². The fraction of sp³-hybridized carbons (Fsp3) is 0.529. The number of aliphatic hydroxyl groups excluding tert-OH is 1. The predicted molar refractivity (Wildman–Crippen MR) is 87.5 cm³/mol. The molecule has 0 aliphatic carbocycles. The van der Waals surface area contributed by atoms with Crippen LogP contribution in [0.5, 0.6) is 0 Å². The van der Waals surface area contributed by atoms with E-state index in [4.69, 9.17) is 0 Å². The maximum Gasteiger partial charge on any atom is 0.243 e. The molecule has 0 saturated heterocycles. The van der Waals surface area contributed by atoms with Crippen molar-refractivity contribution < 1.29 is 9.90 Å². The van der Waals surface area contributed by atoms with Crippen molar-refractivity contribution in [3.8, 4) is 0 Å². The number of carbonyl (C=O) groups is 1. The fourth-order valence-electron chi connectivity index (χ4n) is 2.97. The number of hydrogen-bond acceptors (Lipinski definition) is 3. The summed E-state index contributed by atoms with van der Waals surface area (Å²) in [6.07, 6.45) is -0.716. The highest BCUT2D eigenvalue weighted by Crippen LogP contribution is 2.21. The molecule has 2 aromatic rings. The maximum absolute atomic E-state index is 12.7. The zero-order valence-corrected chi connectivity index (χ0v) is 13.9. The first-order valence-electron chi connectivity index (χ1n) is 7.77. The molecule has 1 N–H and O–H groups in total. The van der Waals surface area contributed by atoms with Crippen LogP contribution in [-0.2, 0) is 11.3 Å². The van der Waals surface area contributed by atoms with Gasteiger partial charge in [0.2, 0.25) is 5.91 Å². The molecular formula is C17H25N3O2. The van der Waals surface area contributed by atoms with Gasteiger partial charge in [0.1, 0.15) is 18.5 Å². The van der Waals surface area contributed by atoms with E-state index >= 15 is 0 Å². The number of aromatic nitrogens is 2. The fourth-order valence-corrected chi connectivity index (χ4v) is 2.97. The largest absolute Gasteiger partial charge is 0.385 e. The van der Waals surface area contributed by atoms with Crippen molar-refractivity contribution in [2.45, 2.75) is 59.4 Å². The van der Waals surface area contributed by atoms with Gasteiger partial charge in [0.05, 0.1) is 11.0 Å². The van der Waals surface area contributed by atoms with Crippen molar-refractivity contribution in [1.29, 1.82) is 0 Å². The zero-order valence-electron chi connectivity index (χ0n) is 13.9. The predicted octanol–water partition coefficient (Wildman–Crippen LogP) is 2.74. The van der Waals surface area contributed by atoms with E-state index in [0.29, 0.717) is 5.82 Å². The lowest BCUT2D eigenvalue weighted by atomic mass is 10.2. The minimum atomic E-state index is -0.716. The van der Waals surface area contributed by atoms with Crippen molar-refractivity contribution in [3.05, 3.63) is 30.1 Å². The van der Waals surface area contributed by atoms with Gasteiger partial charge in [0.15, 0.2) is 0 Å². The van der Waals surface area contributed by atoms with Gasteiger partial charge in [-0.05, 0) is 46.8 Å². The van der Waals surface area contributed by atoms with Crippen molar-refractivity contribution in [2.24, 2.45) is 0 Å². The molecule has 120 valence electrons. The van der Waals surface area contributed by atoms with Gasteiger partial charge in [-0.3, -0.25) is 4.79 Å². The molecule has 0 fully saturated rings. The second kappa shape index (κ2) is 6.48. The quantitative estimate of drug-likeness (QED) is 0.924. The van der Waals surface area contributed by atoms with Crippen LogP contribution in [0, 0.1) is 0 Å². The molecule has 0 aliphatic rings. The molecule has 0 saturated carbocycles. The Bertz CT molecular complexity index is 651. The van der Waals surface area contributed by atoms with Crippen LogP contribution in [0.3, 0.4) is 0 Å². The molecule has 1 heterocycles. The van der Waals surface area contributed by atoms with Gasteiger partial charge in [-0.15, -0.1) is 0 Å². The van der Waals surface area contributed by atoms with Crippen LogP contribution in [0.2, 0.25) is 0 Å². The monoisotopic (exact) mass is 303 g/mol. The molecule has 1 amide bonds. The van der Waals surface area contributed by atoms with E-state index in [1.807, 2.05) is 61.4 Å². The first-order valence-corrected chi connectivity index (χ1v) is 7.77. The van der Waals surface area contributed by atoms with E-state index in [1.165, 1.54) is 0 Å². The Morgan fingerprint density at radius 1 is 1.18 bits per heavy atom. The summed E-state index contributed by atoms with van der Waals surface area (Å²) in [6, 6.07) is 7.91. The van der Waals surface area contributed by atoms with E-state index in [9.17, 15) is 9.90 Å². The summed E-state index contributed by atoms with van der Waals surface area (Å²) in [5, 5.41) is 9.97.